The molecule has 0 aliphatic heterocycles. The van der Waals surface area contributed by atoms with Gasteiger partial charge in [0, 0.05) is 0 Å². The van der Waals surface area contributed by atoms with Gasteiger partial charge in [-0.3, -0.25) is 0 Å². The molecular weight excluding hydrogens is 383 g/mol. The Balaban J connectivity index is -0.000000313. The van der Waals surface area contributed by atoms with Gasteiger partial charge in [-0.1, -0.05) is 63.8 Å². The molecule has 0 amide bonds. The van der Waals surface area contributed by atoms with Crippen LogP contribution in [-0.4, -0.2) is 0 Å². The first-order valence-electron chi connectivity index (χ1n) is 8.83. The van der Waals surface area contributed by atoms with Crippen LogP contribution in [0, 0.1) is 50.4 Å². The van der Waals surface area contributed by atoms with E-state index in [-0.39, 0.29) is 14.9 Å². The monoisotopic (exact) mass is 424 g/mol. The minimum atomic E-state index is -0.556. The van der Waals surface area contributed by atoms with E-state index in [1.165, 1.54) is 0 Å². The van der Waals surface area contributed by atoms with Crippen molar-refractivity contribution in [1.82, 2.24) is 0 Å². The van der Waals surface area contributed by atoms with Crippen LogP contribution >= 0.6 is 18.6 Å². The normalized spacial score (nSPS) is 33.4. The molecule has 0 N–H and O–H groups in total. The van der Waals surface area contributed by atoms with E-state index in [2.05, 4.69) is 69.2 Å². The van der Waals surface area contributed by atoms with Crippen LogP contribution in [0.1, 0.15) is 69.2 Å². The molecule has 0 saturated heterocycles. The van der Waals surface area contributed by atoms with Gasteiger partial charge in [-0.2, -0.15) is 0 Å². The molecule has 0 nitrogen and oxygen atoms in total. The first-order valence-corrected chi connectivity index (χ1v) is 13.1. The molecule has 4 atom stereocenters. The first-order chi connectivity index (χ1) is 10.5. The van der Waals surface area contributed by atoms with E-state index >= 15 is 0 Å². The second-order valence-electron chi connectivity index (χ2n) is 7.68. The maximum atomic E-state index is 4.89. The predicted octanol–water partition coefficient (Wildman–Crippen LogP) is 8.77. The maximum absolute atomic E-state index is 4.89. The molecule has 2 aliphatic carbocycles. The van der Waals surface area contributed by atoms with Crippen molar-refractivity contribution in [2.75, 3.05) is 0 Å². The topological polar surface area (TPSA) is 0 Å². The van der Waals surface area contributed by atoms with Gasteiger partial charge in [0.25, 0.3) is 0 Å². The quantitative estimate of drug-likeness (QED) is 0.207. The zero-order valence-corrected chi connectivity index (χ0v) is 21.8. The average molecular weight is 425 g/mol. The van der Waals surface area contributed by atoms with Crippen molar-refractivity contribution in [3.63, 3.8) is 0 Å². The number of rotatable bonds is 0. The third-order valence-electron chi connectivity index (χ3n) is 7.13. The zero-order valence-electron chi connectivity index (χ0n) is 18.7. The van der Waals surface area contributed by atoms with Crippen LogP contribution in [0.3, 0.4) is 0 Å². The van der Waals surface area contributed by atoms with Gasteiger partial charge in [0.05, 0.1) is 0 Å². The van der Waals surface area contributed by atoms with E-state index in [1.54, 1.807) is 22.3 Å². The van der Waals surface area contributed by atoms with Crippen LogP contribution in [0.15, 0.2) is 22.3 Å². The molecule has 4 unspecified atom stereocenters. The summed E-state index contributed by atoms with van der Waals surface area (Å²) in [5, 5.41) is 0. The molecule has 2 rings (SSSR count). The summed E-state index contributed by atoms with van der Waals surface area (Å²) in [6.07, 6.45) is 0. The molecule has 0 spiro atoms. The van der Waals surface area contributed by atoms with Gasteiger partial charge < -0.3 is 14.9 Å². The Morgan fingerprint density at radius 3 is 0.680 bits per heavy atom. The van der Waals surface area contributed by atoms with E-state index in [9.17, 15) is 0 Å². The summed E-state index contributed by atoms with van der Waals surface area (Å²) < 4.78 is 0. The fraction of sp³-hybridized carbons (Fsp3) is 0.727. The summed E-state index contributed by atoms with van der Waals surface area (Å²) >= 11 is -0.556. The van der Waals surface area contributed by atoms with Crippen LogP contribution in [0.2, 0.25) is 0 Å². The molecule has 3 heteroatoms. The molecule has 0 bridgehead atoms. The van der Waals surface area contributed by atoms with Gasteiger partial charge >= 0.3 is 35.6 Å². The summed E-state index contributed by atoms with van der Waals surface area (Å²) in [6.45, 7) is 23.2. The Hall–Kier alpha value is 0.774. The van der Waals surface area contributed by atoms with Crippen molar-refractivity contribution in [2.45, 2.75) is 69.2 Å². The van der Waals surface area contributed by atoms with E-state index in [0.717, 1.165) is 35.5 Å². The predicted molar refractivity (Wildman–Crippen MR) is 116 cm³/mol. The summed E-state index contributed by atoms with van der Waals surface area (Å²) in [5.74, 6) is 4.98. The molecule has 0 aromatic carbocycles. The molecule has 0 saturated carbocycles. The van der Waals surface area contributed by atoms with Gasteiger partial charge in [0.1, 0.15) is 0 Å². The van der Waals surface area contributed by atoms with E-state index in [1.807, 2.05) is 0 Å². The number of halogens is 2. The second kappa shape index (κ2) is 13.9. The van der Waals surface area contributed by atoms with Gasteiger partial charge in [-0.25, -0.2) is 0 Å². The number of allylic oxidation sites excluding steroid dienone is 4. The van der Waals surface area contributed by atoms with E-state index < -0.39 is 17.0 Å². The molecule has 0 radical (unpaired) electrons. The Labute approximate surface area is 176 Å². The minimum absolute atomic E-state index is 0. The Kier molecular flexibility index (Phi) is 16.9. The SMILES string of the molecule is CC1=C(C)C(C)C(C)C1C.CC1=C(C)C(C)C(C)C1C.[CH3-].[CH3-].[Cl][Ti][Cl]. The van der Waals surface area contributed by atoms with Crippen LogP contribution in [-0.2, 0) is 17.0 Å². The van der Waals surface area contributed by atoms with Crippen molar-refractivity contribution in [1.29, 1.82) is 0 Å². The summed E-state index contributed by atoms with van der Waals surface area (Å²) in [7, 11) is 9.78. The van der Waals surface area contributed by atoms with Gasteiger partial charge in [-0.15, -0.1) is 0 Å². The standard InChI is InChI=1S/2C10H18.2CH3.2ClH.Ti/c2*1-6-7(2)9(4)10(5)8(6)3;;;;;/h2*6-8H,1-5H3;2*1H3;2*1H;/q;;2*-1;;;+2/p-2. The van der Waals surface area contributed by atoms with Crippen LogP contribution < -0.4 is 0 Å². The first kappa shape index (κ1) is 30.5. The fourth-order valence-corrected chi connectivity index (χ4v) is 3.88. The van der Waals surface area contributed by atoms with Crippen molar-refractivity contribution in [2.24, 2.45) is 35.5 Å². The van der Waals surface area contributed by atoms with Crippen molar-refractivity contribution in [3.05, 3.63) is 37.1 Å². The second-order valence-corrected chi connectivity index (χ2v) is 10.3. The third-order valence-corrected chi connectivity index (χ3v) is 7.13. The Morgan fingerprint density at radius 1 is 0.520 bits per heavy atom. The Morgan fingerprint density at radius 2 is 0.640 bits per heavy atom. The average Bonchev–Trinajstić information content (AvgIpc) is 2.80. The van der Waals surface area contributed by atoms with Crippen molar-refractivity contribution >= 4 is 18.6 Å². The van der Waals surface area contributed by atoms with E-state index in [4.69, 9.17) is 18.6 Å². The third kappa shape index (κ3) is 7.73. The molecule has 2 aliphatic rings. The number of hydrogen-bond donors (Lipinski definition) is 0. The summed E-state index contributed by atoms with van der Waals surface area (Å²) in [6, 6.07) is 0. The molecule has 0 heterocycles. The zero-order chi connectivity index (χ0) is 18.5. The summed E-state index contributed by atoms with van der Waals surface area (Å²) in [4.78, 5) is 0. The Bertz CT molecular complexity index is 363. The molecule has 0 aromatic heterocycles. The van der Waals surface area contributed by atoms with Gasteiger partial charge in [0.15, 0.2) is 0 Å². The van der Waals surface area contributed by atoms with Crippen LogP contribution in [0.5, 0.6) is 0 Å². The van der Waals surface area contributed by atoms with E-state index in [0.29, 0.717) is 0 Å². The van der Waals surface area contributed by atoms with Gasteiger partial charge in [-0.05, 0) is 63.2 Å². The van der Waals surface area contributed by atoms with Crippen molar-refractivity contribution < 1.29 is 17.0 Å². The molecular formula is C22H42Cl2Ti-2. The number of hydrogen-bond acceptors (Lipinski definition) is 0. The van der Waals surface area contributed by atoms with Gasteiger partial charge in [0.2, 0.25) is 0 Å². The molecule has 0 aromatic rings. The fourth-order valence-electron chi connectivity index (χ4n) is 3.88. The van der Waals surface area contributed by atoms with Crippen LogP contribution in [0.25, 0.3) is 0 Å². The molecule has 25 heavy (non-hydrogen) atoms. The molecule has 0 fully saturated rings. The summed E-state index contributed by atoms with van der Waals surface area (Å²) in [5.41, 5.74) is 6.50. The van der Waals surface area contributed by atoms with Crippen LogP contribution in [0.4, 0.5) is 0 Å². The molecule has 150 valence electrons. The van der Waals surface area contributed by atoms with Crippen molar-refractivity contribution in [3.8, 4) is 0 Å².